The van der Waals surface area contributed by atoms with E-state index in [0.717, 1.165) is 5.69 Å². The maximum Gasteiger partial charge on any atom is 0.416 e. The monoisotopic (exact) mass is 367 g/mol. The molecule has 27 heavy (non-hydrogen) atoms. The molecule has 4 rings (SSSR count). The summed E-state index contributed by atoms with van der Waals surface area (Å²) >= 11 is 0. The van der Waals surface area contributed by atoms with Gasteiger partial charge in [0.05, 0.1) is 24.5 Å². The minimum Gasteiger partial charge on any atom is -0.447 e. The van der Waals surface area contributed by atoms with E-state index in [1.807, 2.05) is 13.1 Å². The normalized spacial score (nSPS) is 14.9. The molecule has 0 aromatic carbocycles. The third-order valence-corrected chi connectivity index (χ3v) is 3.94. The van der Waals surface area contributed by atoms with E-state index in [2.05, 4.69) is 35.2 Å². The summed E-state index contributed by atoms with van der Waals surface area (Å²) in [6, 6.07) is -0.178. The molecule has 1 fully saturated rings. The largest absolute Gasteiger partial charge is 0.447 e. The molecule has 3 aromatic rings. The van der Waals surface area contributed by atoms with Crippen molar-refractivity contribution in [3.63, 3.8) is 0 Å². The highest BCUT2D eigenvalue weighted by Crippen LogP contribution is 2.19. The van der Waals surface area contributed by atoms with Crippen molar-refractivity contribution in [3.8, 4) is 5.82 Å². The number of amides is 1. The first-order chi connectivity index (χ1) is 13.1. The number of hydrogen-bond donors (Lipinski definition) is 1. The quantitative estimate of drug-likeness (QED) is 0.710. The predicted octanol–water partition coefficient (Wildman–Crippen LogP) is 1.29. The molecular weight excluding hydrogens is 350 g/mol. The van der Waals surface area contributed by atoms with Crippen LogP contribution in [0.4, 0.5) is 16.7 Å². The molecule has 1 aliphatic rings. The molecule has 4 heterocycles. The summed E-state index contributed by atoms with van der Waals surface area (Å²) in [6.45, 7) is 4.42. The summed E-state index contributed by atoms with van der Waals surface area (Å²) in [6.07, 6.45) is 7.95. The van der Waals surface area contributed by atoms with Gasteiger partial charge in [0.15, 0.2) is 5.82 Å². The van der Waals surface area contributed by atoms with Crippen molar-refractivity contribution >= 4 is 18.0 Å². The van der Waals surface area contributed by atoms with Crippen molar-refractivity contribution in [1.29, 1.82) is 0 Å². The van der Waals surface area contributed by atoms with E-state index in [1.54, 1.807) is 36.4 Å². The molecule has 1 aliphatic heterocycles. The molecule has 138 valence electrons. The second kappa shape index (κ2) is 6.94. The van der Waals surface area contributed by atoms with Crippen LogP contribution < -0.4 is 10.2 Å². The lowest BCUT2D eigenvalue weighted by molar-refractivity contribution is 0.181. The van der Waals surface area contributed by atoms with Gasteiger partial charge >= 0.3 is 6.09 Å². The van der Waals surface area contributed by atoms with Crippen molar-refractivity contribution in [2.24, 2.45) is 0 Å². The number of cyclic esters (lactones) is 1. The van der Waals surface area contributed by atoms with Gasteiger partial charge in [-0.05, 0) is 13.8 Å². The number of carbonyl (C=O) groups is 1. The summed E-state index contributed by atoms with van der Waals surface area (Å²) in [5.74, 6) is 1.80. The number of nitrogens with one attached hydrogen (secondary N) is 1. The Hall–Kier alpha value is -3.63. The fraction of sp³-hybridized carbons (Fsp3) is 0.312. The molecule has 11 nitrogen and oxygen atoms in total. The van der Waals surface area contributed by atoms with Crippen molar-refractivity contribution in [2.75, 3.05) is 23.4 Å². The van der Waals surface area contributed by atoms with E-state index in [4.69, 9.17) is 4.74 Å². The third kappa shape index (κ3) is 3.52. The number of nitrogens with zero attached hydrogens (tertiary/aromatic N) is 8. The van der Waals surface area contributed by atoms with Gasteiger partial charge in [-0.3, -0.25) is 9.55 Å². The summed E-state index contributed by atoms with van der Waals surface area (Å²) in [4.78, 5) is 38.6. The Morgan fingerprint density at radius 2 is 2.11 bits per heavy atom. The first-order valence-corrected chi connectivity index (χ1v) is 8.34. The first-order valence-electron chi connectivity index (χ1n) is 8.34. The number of ether oxygens (including phenoxy) is 1. The molecule has 0 unspecified atom stereocenters. The highest BCUT2D eigenvalue weighted by Gasteiger charge is 2.27. The number of imidazole rings is 1. The number of aryl methyl sites for hydroxylation is 1. The zero-order valence-corrected chi connectivity index (χ0v) is 14.8. The van der Waals surface area contributed by atoms with Gasteiger partial charge < -0.3 is 10.1 Å². The van der Waals surface area contributed by atoms with Crippen LogP contribution in [0.15, 0.2) is 31.1 Å². The van der Waals surface area contributed by atoms with Crippen LogP contribution in [0, 0.1) is 6.92 Å². The minimum atomic E-state index is -0.456. The zero-order chi connectivity index (χ0) is 18.8. The van der Waals surface area contributed by atoms with E-state index >= 15 is 0 Å². The van der Waals surface area contributed by atoms with Crippen molar-refractivity contribution in [2.45, 2.75) is 19.9 Å². The molecule has 0 bridgehead atoms. The van der Waals surface area contributed by atoms with Gasteiger partial charge in [-0.2, -0.15) is 15.0 Å². The third-order valence-electron chi connectivity index (χ3n) is 3.94. The summed E-state index contributed by atoms with van der Waals surface area (Å²) < 4.78 is 6.72. The fourth-order valence-electron chi connectivity index (χ4n) is 2.61. The van der Waals surface area contributed by atoms with Crippen LogP contribution in [-0.2, 0) is 4.74 Å². The smallest absolute Gasteiger partial charge is 0.416 e. The fourth-order valence-corrected chi connectivity index (χ4v) is 2.61. The van der Waals surface area contributed by atoms with Gasteiger partial charge in [-0.1, -0.05) is 0 Å². The van der Waals surface area contributed by atoms with Gasteiger partial charge in [0.2, 0.25) is 11.9 Å². The Kier molecular flexibility index (Phi) is 4.32. The summed E-state index contributed by atoms with van der Waals surface area (Å²) in [5.41, 5.74) is 0.779. The first kappa shape index (κ1) is 16.8. The molecule has 1 amide bonds. The van der Waals surface area contributed by atoms with Gasteiger partial charge in [-0.15, -0.1) is 0 Å². The lowest BCUT2D eigenvalue weighted by Gasteiger charge is -2.15. The maximum absolute atomic E-state index is 11.7. The van der Waals surface area contributed by atoms with Crippen LogP contribution in [0.2, 0.25) is 0 Å². The molecule has 0 radical (unpaired) electrons. The highest BCUT2D eigenvalue weighted by molar-refractivity contribution is 5.87. The number of rotatable bonds is 5. The predicted molar refractivity (Wildman–Crippen MR) is 94.4 cm³/mol. The lowest BCUT2D eigenvalue weighted by atomic mass is 10.2. The van der Waals surface area contributed by atoms with Crippen LogP contribution in [0.25, 0.3) is 5.82 Å². The van der Waals surface area contributed by atoms with E-state index in [0.29, 0.717) is 30.7 Å². The standard InChI is InChI=1S/C16H17N9O2/c1-10(12-8-24(9-19-12)13-7-17-3-4-18-13)20-14-21-11(2)22-15(23-14)25-5-6-27-16(25)26/h3-4,7-10H,5-6H2,1-2H3,(H,20,21,22,23)/t10-/m0/s1. The van der Waals surface area contributed by atoms with Gasteiger partial charge in [-0.25, -0.2) is 19.7 Å². The summed E-state index contributed by atoms with van der Waals surface area (Å²) in [7, 11) is 0. The molecule has 3 aromatic heterocycles. The molecule has 11 heteroatoms. The molecule has 0 aliphatic carbocycles. The molecule has 0 saturated carbocycles. The van der Waals surface area contributed by atoms with Gasteiger partial charge in [0, 0.05) is 18.6 Å². The molecular formula is C16H17N9O2. The highest BCUT2D eigenvalue weighted by atomic mass is 16.6. The van der Waals surface area contributed by atoms with Crippen molar-refractivity contribution < 1.29 is 9.53 Å². The van der Waals surface area contributed by atoms with Crippen molar-refractivity contribution in [3.05, 3.63) is 42.6 Å². The van der Waals surface area contributed by atoms with Crippen LogP contribution in [0.5, 0.6) is 0 Å². The van der Waals surface area contributed by atoms with E-state index in [1.165, 1.54) is 4.90 Å². The van der Waals surface area contributed by atoms with Crippen LogP contribution in [0.3, 0.4) is 0 Å². The Bertz CT molecular complexity index is 960. The number of hydrogen-bond acceptors (Lipinski definition) is 9. The maximum atomic E-state index is 11.7. The number of anilines is 2. The molecule has 1 atom stereocenters. The molecule has 1 saturated heterocycles. The van der Waals surface area contributed by atoms with E-state index in [-0.39, 0.29) is 12.0 Å². The average molecular weight is 367 g/mol. The summed E-state index contributed by atoms with van der Waals surface area (Å²) in [5, 5.41) is 3.19. The molecule has 1 N–H and O–H groups in total. The second-order valence-electron chi connectivity index (χ2n) is 5.91. The zero-order valence-electron chi connectivity index (χ0n) is 14.8. The Balaban J connectivity index is 1.53. The minimum absolute atomic E-state index is 0.178. The average Bonchev–Trinajstić information content (AvgIpc) is 3.31. The van der Waals surface area contributed by atoms with Crippen LogP contribution >= 0.6 is 0 Å². The Morgan fingerprint density at radius 1 is 1.22 bits per heavy atom. The van der Waals surface area contributed by atoms with E-state index < -0.39 is 6.09 Å². The Morgan fingerprint density at radius 3 is 2.85 bits per heavy atom. The second-order valence-corrected chi connectivity index (χ2v) is 5.91. The topological polar surface area (TPSA) is 124 Å². The van der Waals surface area contributed by atoms with Gasteiger partial charge in [0.1, 0.15) is 18.8 Å². The molecule has 0 spiro atoms. The van der Waals surface area contributed by atoms with Crippen LogP contribution in [-0.4, -0.2) is 53.7 Å². The Labute approximate surface area is 154 Å². The van der Waals surface area contributed by atoms with E-state index in [9.17, 15) is 4.79 Å². The lowest BCUT2D eigenvalue weighted by Crippen LogP contribution is -2.26. The number of aromatic nitrogens is 7. The van der Waals surface area contributed by atoms with Gasteiger partial charge in [0.25, 0.3) is 0 Å². The van der Waals surface area contributed by atoms with Crippen molar-refractivity contribution in [1.82, 2.24) is 34.5 Å². The number of carbonyl (C=O) groups excluding carboxylic acids is 1. The SMILES string of the molecule is Cc1nc(N[C@@H](C)c2cn(-c3cnccn3)cn2)nc(N2CCOC2=O)n1. The van der Waals surface area contributed by atoms with Crippen LogP contribution in [0.1, 0.15) is 24.5 Å².